The second kappa shape index (κ2) is 5.50. The average molecular weight is 210 g/mol. The Kier molecular flexibility index (Phi) is 4.30. The Morgan fingerprint density at radius 3 is 2.80 bits per heavy atom. The lowest BCUT2D eigenvalue weighted by Crippen LogP contribution is -2.46. The number of nitrogens with two attached hydrogens (primary N) is 1. The molecule has 0 bridgehead atoms. The zero-order valence-corrected chi connectivity index (χ0v) is 9.18. The predicted molar refractivity (Wildman–Crippen MR) is 58.1 cm³/mol. The van der Waals surface area contributed by atoms with Gasteiger partial charge in [0.05, 0.1) is 12.6 Å². The highest BCUT2D eigenvalue weighted by atomic mass is 16.1. The van der Waals surface area contributed by atoms with E-state index >= 15 is 0 Å². The maximum Gasteiger partial charge on any atom is 0.234 e. The highest BCUT2D eigenvalue weighted by molar-refractivity contribution is 5.80. The lowest BCUT2D eigenvalue weighted by molar-refractivity contribution is -0.121. The van der Waals surface area contributed by atoms with Crippen LogP contribution in [0.1, 0.15) is 13.8 Å². The summed E-state index contributed by atoms with van der Waals surface area (Å²) in [5.74, 6) is -0.0920. The van der Waals surface area contributed by atoms with Gasteiger partial charge >= 0.3 is 0 Å². The third-order valence-corrected chi connectivity index (χ3v) is 2.24. The molecule has 0 aromatic carbocycles. The van der Waals surface area contributed by atoms with Gasteiger partial charge in [0.1, 0.15) is 0 Å². The first-order chi connectivity index (χ1) is 7.11. The number of rotatable bonds is 6. The van der Waals surface area contributed by atoms with Gasteiger partial charge in [-0.3, -0.25) is 9.48 Å². The average Bonchev–Trinajstić information content (AvgIpc) is 2.63. The topological polar surface area (TPSA) is 72.9 Å². The van der Waals surface area contributed by atoms with Crippen molar-refractivity contribution in [3.05, 3.63) is 18.5 Å². The van der Waals surface area contributed by atoms with Crippen LogP contribution in [0.3, 0.4) is 0 Å². The second-order valence-corrected chi connectivity index (χ2v) is 3.85. The van der Waals surface area contributed by atoms with Crippen LogP contribution in [0.15, 0.2) is 18.5 Å². The molecule has 1 unspecified atom stereocenters. The van der Waals surface area contributed by atoms with Gasteiger partial charge in [0.25, 0.3) is 0 Å². The fourth-order valence-electron chi connectivity index (χ4n) is 1.43. The number of nitrogens with one attached hydrogen (secondary N) is 1. The number of hydrogen-bond donors (Lipinski definition) is 2. The Balaban J connectivity index is 2.31. The largest absolute Gasteiger partial charge is 0.368 e. The molecular formula is C10H18N4O. The quantitative estimate of drug-likeness (QED) is 0.693. The molecule has 0 radical (unpaired) electrons. The van der Waals surface area contributed by atoms with E-state index in [0.29, 0.717) is 6.54 Å². The maximum atomic E-state index is 11.1. The van der Waals surface area contributed by atoms with Crippen molar-refractivity contribution in [2.24, 2.45) is 11.7 Å². The zero-order chi connectivity index (χ0) is 11.3. The molecule has 15 heavy (non-hydrogen) atoms. The van der Waals surface area contributed by atoms with Crippen LogP contribution in [0.4, 0.5) is 0 Å². The van der Waals surface area contributed by atoms with E-state index in [9.17, 15) is 4.79 Å². The van der Waals surface area contributed by atoms with Crippen molar-refractivity contribution in [1.29, 1.82) is 0 Å². The second-order valence-electron chi connectivity index (χ2n) is 3.85. The molecule has 5 nitrogen and oxygen atoms in total. The van der Waals surface area contributed by atoms with Gasteiger partial charge in [-0.25, -0.2) is 0 Å². The van der Waals surface area contributed by atoms with Crippen molar-refractivity contribution in [3.8, 4) is 0 Å². The number of aromatic nitrogens is 2. The SMILES string of the molecule is CC(C)C(NCCn1cccn1)C(N)=O. The van der Waals surface area contributed by atoms with Gasteiger partial charge < -0.3 is 11.1 Å². The van der Waals surface area contributed by atoms with Crippen LogP contribution in [-0.4, -0.2) is 28.3 Å². The molecule has 1 aromatic heterocycles. The Labute approximate surface area is 89.6 Å². The van der Waals surface area contributed by atoms with Crippen LogP contribution in [0.25, 0.3) is 0 Å². The molecule has 5 heteroatoms. The van der Waals surface area contributed by atoms with Crippen molar-refractivity contribution < 1.29 is 4.79 Å². The van der Waals surface area contributed by atoms with Crippen LogP contribution in [0.2, 0.25) is 0 Å². The van der Waals surface area contributed by atoms with Crippen LogP contribution in [0, 0.1) is 5.92 Å². The van der Waals surface area contributed by atoms with Crippen molar-refractivity contribution in [3.63, 3.8) is 0 Å². The Bertz CT molecular complexity index is 294. The molecule has 0 aliphatic heterocycles. The Morgan fingerprint density at radius 1 is 1.60 bits per heavy atom. The molecule has 0 aliphatic rings. The first kappa shape index (κ1) is 11.7. The summed E-state index contributed by atoms with van der Waals surface area (Å²) in [6.45, 7) is 5.36. The molecule has 3 N–H and O–H groups in total. The fourth-order valence-corrected chi connectivity index (χ4v) is 1.43. The molecule has 0 aliphatic carbocycles. The van der Waals surface area contributed by atoms with Crippen molar-refractivity contribution in [2.75, 3.05) is 6.54 Å². The molecule has 1 heterocycles. The van der Waals surface area contributed by atoms with E-state index in [1.165, 1.54) is 0 Å². The van der Waals surface area contributed by atoms with E-state index in [1.807, 2.05) is 30.8 Å². The first-order valence-electron chi connectivity index (χ1n) is 5.11. The first-order valence-corrected chi connectivity index (χ1v) is 5.11. The number of carbonyl (C=O) groups is 1. The number of nitrogens with zero attached hydrogens (tertiary/aromatic N) is 2. The molecule has 0 fully saturated rings. The standard InChI is InChI=1S/C10H18N4O/c1-8(2)9(10(11)15)12-5-7-14-6-3-4-13-14/h3-4,6,8-9,12H,5,7H2,1-2H3,(H2,11,15). The molecule has 1 rings (SSSR count). The molecule has 1 amide bonds. The van der Waals surface area contributed by atoms with Crippen LogP contribution >= 0.6 is 0 Å². The molecule has 0 saturated heterocycles. The molecule has 0 saturated carbocycles. The van der Waals surface area contributed by atoms with E-state index in [2.05, 4.69) is 10.4 Å². The summed E-state index contributed by atoms with van der Waals surface area (Å²) in [5, 5.41) is 7.18. The zero-order valence-electron chi connectivity index (χ0n) is 9.18. The van der Waals surface area contributed by atoms with E-state index in [1.54, 1.807) is 6.20 Å². The number of amides is 1. The van der Waals surface area contributed by atoms with Gasteiger partial charge in [0.2, 0.25) is 5.91 Å². The fraction of sp³-hybridized carbons (Fsp3) is 0.600. The number of primary amides is 1. The lowest BCUT2D eigenvalue weighted by Gasteiger charge is -2.18. The van der Waals surface area contributed by atoms with Gasteiger partial charge in [-0.15, -0.1) is 0 Å². The minimum absolute atomic E-state index is 0.208. The third-order valence-electron chi connectivity index (χ3n) is 2.24. The minimum atomic E-state index is -0.300. The molecular weight excluding hydrogens is 192 g/mol. The summed E-state index contributed by atoms with van der Waals surface area (Å²) in [6, 6.07) is 1.61. The molecule has 1 aromatic rings. The van der Waals surface area contributed by atoms with Crippen molar-refractivity contribution >= 4 is 5.91 Å². The third kappa shape index (κ3) is 3.71. The molecule has 84 valence electrons. The maximum absolute atomic E-state index is 11.1. The van der Waals surface area contributed by atoms with Crippen LogP contribution in [0.5, 0.6) is 0 Å². The van der Waals surface area contributed by atoms with Gasteiger partial charge in [0, 0.05) is 18.9 Å². The van der Waals surface area contributed by atoms with Crippen molar-refractivity contribution in [1.82, 2.24) is 15.1 Å². The van der Waals surface area contributed by atoms with Crippen LogP contribution in [-0.2, 0) is 11.3 Å². The summed E-state index contributed by atoms with van der Waals surface area (Å²) in [7, 11) is 0. The number of hydrogen-bond acceptors (Lipinski definition) is 3. The predicted octanol–water partition coefficient (Wildman–Crippen LogP) is -0.0174. The van der Waals surface area contributed by atoms with Crippen molar-refractivity contribution in [2.45, 2.75) is 26.4 Å². The van der Waals surface area contributed by atoms with Gasteiger partial charge in [0.15, 0.2) is 0 Å². The van der Waals surface area contributed by atoms with E-state index in [4.69, 9.17) is 5.73 Å². The highest BCUT2D eigenvalue weighted by Crippen LogP contribution is 2.00. The molecule has 1 atom stereocenters. The molecule has 0 spiro atoms. The Hall–Kier alpha value is -1.36. The Morgan fingerprint density at radius 2 is 2.33 bits per heavy atom. The summed E-state index contributed by atoms with van der Waals surface area (Å²) in [6.07, 6.45) is 3.62. The van der Waals surface area contributed by atoms with Gasteiger partial charge in [-0.2, -0.15) is 5.10 Å². The van der Waals surface area contributed by atoms with E-state index < -0.39 is 0 Å². The monoisotopic (exact) mass is 210 g/mol. The van der Waals surface area contributed by atoms with Crippen LogP contribution < -0.4 is 11.1 Å². The highest BCUT2D eigenvalue weighted by Gasteiger charge is 2.17. The normalized spacial score (nSPS) is 13.0. The van der Waals surface area contributed by atoms with Gasteiger partial charge in [-0.05, 0) is 12.0 Å². The summed E-state index contributed by atoms with van der Waals surface area (Å²) >= 11 is 0. The minimum Gasteiger partial charge on any atom is -0.368 e. The summed E-state index contributed by atoms with van der Waals surface area (Å²) < 4.78 is 1.81. The smallest absolute Gasteiger partial charge is 0.234 e. The van der Waals surface area contributed by atoms with E-state index in [-0.39, 0.29) is 17.9 Å². The summed E-state index contributed by atoms with van der Waals surface area (Å²) in [4.78, 5) is 11.1. The lowest BCUT2D eigenvalue weighted by atomic mass is 10.0. The summed E-state index contributed by atoms with van der Waals surface area (Å²) in [5.41, 5.74) is 5.27. The van der Waals surface area contributed by atoms with E-state index in [0.717, 1.165) is 6.54 Å². The number of carbonyl (C=O) groups excluding carboxylic acids is 1. The van der Waals surface area contributed by atoms with Gasteiger partial charge in [-0.1, -0.05) is 13.8 Å².